The predicted molar refractivity (Wildman–Crippen MR) is 84.2 cm³/mol. The SMILES string of the molecule is CCCCN(C)C(=O)C1CC1C(=O)Nc1ccc(C(F)(F)F)cc1. The first kappa shape index (κ1) is 18.3. The number of rotatable bonds is 6. The fourth-order valence-corrected chi connectivity index (χ4v) is 2.52. The Morgan fingerprint density at radius 3 is 2.38 bits per heavy atom. The molecule has 2 atom stereocenters. The molecular weight excluding hydrogens is 321 g/mol. The van der Waals surface area contributed by atoms with Crippen molar-refractivity contribution in [2.75, 3.05) is 18.9 Å². The summed E-state index contributed by atoms with van der Waals surface area (Å²) in [6, 6.07) is 4.27. The zero-order valence-corrected chi connectivity index (χ0v) is 13.7. The first-order chi connectivity index (χ1) is 11.2. The van der Waals surface area contributed by atoms with Gasteiger partial charge in [0.25, 0.3) is 0 Å². The lowest BCUT2D eigenvalue weighted by molar-refractivity contribution is -0.137. The van der Waals surface area contributed by atoms with Crippen LogP contribution >= 0.6 is 0 Å². The van der Waals surface area contributed by atoms with Gasteiger partial charge in [0.15, 0.2) is 0 Å². The molecule has 0 saturated heterocycles. The largest absolute Gasteiger partial charge is 0.416 e. The van der Waals surface area contributed by atoms with E-state index in [2.05, 4.69) is 5.32 Å². The van der Waals surface area contributed by atoms with Crippen molar-refractivity contribution in [3.63, 3.8) is 0 Å². The number of alkyl halides is 3. The van der Waals surface area contributed by atoms with Gasteiger partial charge in [0.05, 0.1) is 17.4 Å². The van der Waals surface area contributed by atoms with Gasteiger partial charge in [-0.25, -0.2) is 0 Å². The van der Waals surface area contributed by atoms with Gasteiger partial charge in [0, 0.05) is 19.3 Å². The second-order valence-electron chi connectivity index (χ2n) is 6.13. The molecule has 0 heterocycles. The Hall–Kier alpha value is -2.05. The Morgan fingerprint density at radius 2 is 1.83 bits per heavy atom. The van der Waals surface area contributed by atoms with Crippen molar-refractivity contribution in [3.05, 3.63) is 29.8 Å². The third-order valence-electron chi connectivity index (χ3n) is 4.15. The summed E-state index contributed by atoms with van der Waals surface area (Å²) in [7, 11) is 1.72. The van der Waals surface area contributed by atoms with E-state index >= 15 is 0 Å². The number of hydrogen-bond acceptors (Lipinski definition) is 2. The minimum atomic E-state index is -4.40. The smallest absolute Gasteiger partial charge is 0.346 e. The molecule has 0 bridgehead atoms. The van der Waals surface area contributed by atoms with Crippen LogP contribution in [0.2, 0.25) is 0 Å². The molecule has 24 heavy (non-hydrogen) atoms. The van der Waals surface area contributed by atoms with E-state index in [0.29, 0.717) is 18.7 Å². The molecule has 7 heteroatoms. The third-order valence-corrected chi connectivity index (χ3v) is 4.15. The summed E-state index contributed by atoms with van der Waals surface area (Å²) in [6.07, 6.45) is -2.01. The van der Waals surface area contributed by atoms with Crippen molar-refractivity contribution in [3.8, 4) is 0 Å². The average Bonchev–Trinajstić information content (AvgIpc) is 3.32. The highest BCUT2D eigenvalue weighted by atomic mass is 19.4. The van der Waals surface area contributed by atoms with Crippen LogP contribution in [0.1, 0.15) is 31.7 Å². The maximum Gasteiger partial charge on any atom is 0.416 e. The van der Waals surface area contributed by atoms with Gasteiger partial charge in [-0.1, -0.05) is 13.3 Å². The molecule has 1 aromatic rings. The summed E-state index contributed by atoms with van der Waals surface area (Å²) in [5.41, 5.74) is -0.469. The van der Waals surface area contributed by atoms with E-state index in [1.165, 1.54) is 12.1 Å². The first-order valence-corrected chi connectivity index (χ1v) is 7.97. The van der Waals surface area contributed by atoms with Crippen molar-refractivity contribution in [1.29, 1.82) is 0 Å². The summed E-state index contributed by atoms with van der Waals surface area (Å²) in [5, 5.41) is 2.57. The predicted octanol–water partition coefficient (Wildman–Crippen LogP) is 3.54. The minimum absolute atomic E-state index is 0.0454. The number of nitrogens with zero attached hydrogens (tertiary/aromatic N) is 1. The first-order valence-electron chi connectivity index (χ1n) is 7.97. The molecule has 0 radical (unpaired) electrons. The fourth-order valence-electron chi connectivity index (χ4n) is 2.52. The van der Waals surface area contributed by atoms with Crippen LogP contribution < -0.4 is 5.32 Å². The van der Waals surface area contributed by atoms with Crippen LogP contribution in [0, 0.1) is 11.8 Å². The number of carbonyl (C=O) groups is 2. The minimum Gasteiger partial charge on any atom is -0.346 e. The molecule has 1 aliphatic rings. The zero-order valence-electron chi connectivity index (χ0n) is 13.7. The second kappa shape index (κ2) is 7.23. The molecule has 4 nitrogen and oxygen atoms in total. The van der Waals surface area contributed by atoms with Crippen LogP contribution in [0.15, 0.2) is 24.3 Å². The van der Waals surface area contributed by atoms with E-state index in [0.717, 1.165) is 25.0 Å². The number of halogens is 3. The van der Waals surface area contributed by atoms with E-state index in [1.54, 1.807) is 11.9 Å². The van der Waals surface area contributed by atoms with Crippen molar-refractivity contribution in [2.24, 2.45) is 11.8 Å². The van der Waals surface area contributed by atoms with Gasteiger partial charge in [-0.05, 0) is 37.1 Å². The van der Waals surface area contributed by atoms with Gasteiger partial charge in [-0.15, -0.1) is 0 Å². The van der Waals surface area contributed by atoms with Gasteiger partial charge in [-0.2, -0.15) is 13.2 Å². The van der Waals surface area contributed by atoms with Crippen LogP contribution in [0.4, 0.5) is 18.9 Å². The van der Waals surface area contributed by atoms with Gasteiger partial charge in [0.2, 0.25) is 11.8 Å². The standard InChI is InChI=1S/C17H21F3N2O2/c1-3-4-9-22(2)16(24)14-10-13(14)15(23)21-12-7-5-11(6-8-12)17(18,19)20/h5-8,13-14H,3-4,9-10H2,1-2H3,(H,21,23). The van der Waals surface area contributed by atoms with Crippen molar-refractivity contribution >= 4 is 17.5 Å². The summed E-state index contributed by atoms with van der Waals surface area (Å²) in [5.74, 6) is -1.09. The molecule has 0 spiro atoms. The Balaban J connectivity index is 1.87. The lowest BCUT2D eigenvalue weighted by Crippen LogP contribution is -2.30. The molecule has 132 valence electrons. The quantitative estimate of drug-likeness (QED) is 0.860. The van der Waals surface area contributed by atoms with E-state index in [4.69, 9.17) is 0 Å². The number of anilines is 1. The third kappa shape index (κ3) is 4.49. The Bertz CT molecular complexity index is 599. The van der Waals surface area contributed by atoms with Gasteiger partial charge < -0.3 is 10.2 Å². The molecule has 1 aliphatic carbocycles. The molecule has 2 amide bonds. The Labute approximate surface area is 139 Å². The molecule has 2 rings (SSSR count). The van der Waals surface area contributed by atoms with Crippen LogP contribution in [0.5, 0.6) is 0 Å². The summed E-state index contributed by atoms with van der Waals surface area (Å²) < 4.78 is 37.5. The lowest BCUT2D eigenvalue weighted by atomic mass is 10.2. The van der Waals surface area contributed by atoms with E-state index in [-0.39, 0.29) is 17.7 Å². The van der Waals surface area contributed by atoms with Crippen molar-refractivity contribution in [1.82, 2.24) is 4.90 Å². The summed E-state index contributed by atoms with van der Waals surface area (Å²) in [6.45, 7) is 2.70. The lowest BCUT2D eigenvalue weighted by Gasteiger charge is -2.16. The molecule has 0 aliphatic heterocycles. The molecular formula is C17H21F3N2O2. The van der Waals surface area contributed by atoms with Crippen molar-refractivity contribution in [2.45, 2.75) is 32.4 Å². The highest BCUT2D eigenvalue weighted by Crippen LogP contribution is 2.40. The van der Waals surface area contributed by atoms with Crippen LogP contribution in [0.25, 0.3) is 0 Å². The van der Waals surface area contributed by atoms with Gasteiger partial charge >= 0.3 is 6.18 Å². The normalized spacial score (nSPS) is 19.7. The molecule has 2 unspecified atom stereocenters. The monoisotopic (exact) mass is 342 g/mol. The second-order valence-corrected chi connectivity index (χ2v) is 6.13. The van der Waals surface area contributed by atoms with E-state index in [9.17, 15) is 22.8 Å². The maximum atomic E-state index is 12.5. The highest BCUT2D eigenvalue weighted by Gasteiger charge is 2.49. The number of carbonyl (C=O) groups excluding carboxylic acids is 2. The topological polar surface area (TPSA) is 49.4 Å². The maximum absolute atomic E-state index is 12.5. The molecule has 1 saturated carbocycles. The fraction of sp³-hybridized carbons (Fsp3) is 0.529. The number of benzene rings is 1. The summed E-state index contributed by atoms with van der Waals surface area (Å²) in [4.78, 5) is 25.9. The van der Waals surface area contributed by atoms with Crippen LogP contribution in [-0.2, 0) is 15.8 Å². The van der Waals surface area contributed by atoms with E-state index < -0.39 is 17.7 Å². The van der Waals surface area contributed by atoms with Gasteiger partial charge in [-0.3, -0.25) is 9.59 Å². The van der Waals surface area contributed by atoms with Crippen LogP contribution in [0.3, 0.4) is 0 Å². The number of amides is 2. The van der Waals surface area contributed by atoms with Crippen molar-refractivity contribution < 1.29 is 22.8 Å². The summed E-state index contributed by atoms with van der Waals surface area (Å²) >= 11 is 0. The molecule has 0 aromatic heterocycles. The number of nitrogens with one attached hydrogen (secondary N) is 1. The number of hydrogen-bond donors (Lipinski definition) is 1. The van der Waals surface area contributed by atoms with E-state index in [1.807, 2.05) is 6.92 Å². The molecule has 1 N–H and O–H groups in total. The average molecular weight is 342 g/mol. The molecule has 1 fully saturated rings. The zero-order chi connectivity index (χ0) is 17.9. The van der Waals surface area contributed by atoms with Gasteiger partial charge in [0.1, 0.15) is 0 Å². The Morgan fingerprint density at radius 1 is 1.21 bits per heavy atom. The number of unbranched alkanes of at least 4 members (excludes halogenated alkanes) is 1. The molecule has 1 aromatic carbocycles. The van der Waals surface area contributed by atoms with Crippen LogP contribution in [-0.4, -0.2) is 30.3 Å². The highest BCUT2D eigenvalue weighted by molar-refractivity contribution is 5.99. The Kier molecular flexibility index (Phi) is 5.51.